The molecular weight excluding hydrogens is 248 g/mol. The number of nitrogens with zero attached hydrogens (tertiary/aromatic N) is 1. The molecule has 1 aliphatic carbocycles. The fourth-order valence-electron chi connectivity index (χ4n) is 3.48. The molecule has 3 heteroatoms. The number of carbonyl (C=O) groups excluding carboxylic acids is 1. The van der Waals surface area contributed by atoms with Crippen LogP contribution in [0.1, 0.15) is 46.0 Å². The Balaban J connectivity index is 1.70. The van der Waals surface area contributed by atoms with Crippen molar-refractivity contribution in [2.75, 3.05) is 16.8 Å². The first-order valence-corrected chi connectivity index (χ1v) is 7.70. The molecule has 2 fully saturated rings. The third kappa shape index (κ3) is 2.82. The molecule has 108 valence electrons. The first-order chi connectivity index (χ1) is 9.53. The van der Waals surface area contributed by atoms with Crippen LogP contribution in [0.4, 0.5) is 11.4 Å². The lowest BCUT2D eigenvalue weighted by atomic mass is 9.92. The Morgan fingerprint density at radius 2 is 2.20 bits per heavy atom. The van der Waals surface area contributed by atoms with Crippen LogP contribution in [0.3, 0.4) is 0 Å². The van der Waals surface area contributed by atoms with Gasteiger partial charge in [-0.15, -0.1) is 0 Å². The Morgan fingerprint density at radius 3 is 2.85 bits per heavy atom. The SMILES string of the molecule is CC1(C)CCC(Nc2cccc(N3CCCC3=O)c2)C1. The van der Waals surface area contributed by atoms with Gasteiger partial charge in [-0.1, -0.05) is 19.9 Å². The van der Waals surface area contributed by atoms with Crippen LogP contribution in [0.5, 0.6) is 0 Å². The van der Waals surface area contributed by atoms with Crippen LogP contribution in [0.2, 0.25) is 0 Å². The molecule has 1 atom stereocenters. The van der Waals surface area contributed by atoms with Crippen molar-refractivity contribution >= 4 is 17.3 Å². The minimum atomic E-state index is 0.254. The molecule has 1 saturated carbocycles. The van der Waals surface area contributed by atoms with Gasteiger partial charge in [0.2, 0.25) is 5.91 Å². The maximum atomic E-state index is 11.8. The minimum Gasteiger partial charge on any atom is -0.382 e. The maximum absolute atomic E-state index is 11.8. The Bertz CT molecular complexity index is 509. The molecule has 0 radical (unpaired) electrons. The van der Waals surface area contributed by atoms with Crippen molar-refractivity contribution in [2.45, 2.75) is 52.0 Å². The summed E-state index contributed by atoms with van der Waals surface area (Å²) in [6.45, 7) is 5.54. The van der Waals surface area contributed by atoms with Gasteiger partial charge in [0.1, 0.15) is 0 Å². The smallest absolute Gasteiger partial charge is 0.227 e. The molecule has 1 saturated heterocycles. The van der Waals surface area contributed by atoms with Gasteiger partial charge in [-0.3, -0.25) is 4.79 Å². The fourth-order valence-corrected chi connectivity index (χ4v) is 3.48. The highest BCUT2D eigenvalue weighted by molar-refractivity contribution is 5.95. The molecule has 1 unspecified atom stereocenters. The topological polar surface area (TPSA) is 32.3 Å². The van der Waals surface area contributed by atoms with Gasteiger partial charge < -0.3 is 10.2 Å². The van der Waals surface area contributed by atoms with E-state index in [1.54, 1.807) is 0 Å². The number of rotatable bonds is 3. The summed E-state index contributed by atoms with van der Waals surface area (Å²) in [5.74, 6) is 0.254. The average Bonchev–Trinajstić information content (AvgIpc) is 2.96. The summed E-state index contributed by atoms with van der Waals surface area (Å²) in [5, 5.41) is 3.64. The standard InChI is InChI=1S/C17H24N2O/c1-17(2)9-8-14(12-17)18-13-5-3-6-15(11-13)19-10-4-7-16(19)20/h3,5-6,11,14,18H,4,7-10,12H2,1-2H3. The monoisotopic (exact) mass is 272 g/mol. The summed E-state index contributed by atoms with van der Waals surface area (Å²) < 4.78 is 0. The maximum Gasteiger partial charge on any atom is 0.227 e. The van der Waals surface area contributed by atoms with Gasteiger partial charge in [-0.05, 0) is 49.3 Å². The van der Waals surface area contributed by atoms with E-state index in [4.69, 9.17) is 0 Å². The Morgan fingerprint density at radius 1 is 1.35 bits per heavy atom. The van der Waals surface area contributed by atoms with Crippen molar-refractivity contribution in [1.29, 1.82) is 0 Å². The van der Waals surface area contributed by atoms with E-state index in [1.807, 2.05) is 17.0 Å². The summed E-state index contributed by atoms with van der Waals surface area (Å²) in [6, 6.07) is 8.87. The normalized spacial score (nSPS) is 25.2. The third-order valence-corrected chi connectivity index (χ3v) is 4.57. The van der Waals surface area contributed by atoms with Gasteiger partial charge in [0.25, 0.3) is 0 Å². The number of amides is 1. The molecular formula is C17H24N2O. The second kappa shape index (κ2) is 5.12. The second-order valence-electron chi connectivity index (χ2n) is 6.95. The van der Waals surface area contributed by atoms with Crippen molar-refractivity contribution in [3.63, 3.8) is 0 Å². The molecule has 2 aliphatic rings. The van der Waals surface area contributed by atoms with E-state index < -0.39 is 0 Å². The van der Waals surface area contributed by atoms with Crippen LogP contribution in [-0.2, 0) is 4.79 Å². The summed E-state index contributed by atoms with van der Waals surface area (Å²) >= 11 is 0. The van der Waals surface area contributed by atoms with Crippen LogP contribution >= 0.6 is 0 Å². The fraction of sp³-hybridized carbons (Fsp3) is 0.588. The Labute approximate surface area is 121 Å². The van der Waals surface area contributed by atoms with Gasteiger partial charge in [-0.25, -0.2) is 0 Å². The molecule has 0 aromatic heterocycles. The number of hydrogen-bond donors (Lipinski definition) is 1. The number of nitrogens with one attached hydrogen (secondary N) is 1. The molecule has 0 bridgehead atoms. The van der Waals surface area contributed by atoms with Gasteiger partial charge >= 0.3 is 0 Å². The van der Waals surface area contributed by atoms with Crippen molar-refractivity contribution in [3.8, 4) is 0 Å². The van der Waals surface area contributed by atoms with Gasteiger partial charge in [0.05, 0.1) is 0 Å². The van der Waals surface area contributed by atoms with E-state index in [9.17, 15) is 4.79 Å². The molecule has 1 aromatic carbocycles. The van der Waals surface area contributed by atoms with E-state index in [2.05, 4.69) is 31.3 Å². The van der Waals surface area contributed by atoms with Gasteiger partial charge in [0, 0.05) is 30.4 Å². The van der Waals surface area contributed by atoms with Crippen molar-refractivity contribution in [1.82, 2.24) is 0 Å². The molecule has 3 nitrogen and oxygen atoms in total. The molecule has 1 N–H and O–H groups in total. The molecule has 1 aromatic rings. The third-order valence-electron chi connectivity index (χ3n) is 4.57. The highest BCUT2D eigenvalue weighted by Gasteiger charge is 2.30. The van der Waals surface area contributed by atoms with Crippen molar-refractivity contribution in [3.05, 3.63) is 24.3 Å². The highest BCUT2D eigenvalue weighted by Crippen LogP contribution is 2.38. The molecule has 1 amide bonds. The van der Waals surface area contributed by atoms with Crippen molar-refractivity contribution in [2.24, 2.45) is 5.41 Å². The Kier molecular flexibility index (Phi) is 3.45. The van der Waals surface area contributed by atoms with E-state index >= 15 is 0 Å². The number of anilines is 2. The zero-order valence-corrected chi connectivity index (χ0v) is 12.5. The molecule has 1 aliphatic heterocycles. The quantitative estimate of drug-likeness (QED) is 0.907. The Hall–Kier alpha value is -1.51. The van der Waals surface area contributed by atoms with E-state index in [0.717, 1.165) is 24.3 Å². The second-order valence-corrected chi connectivity index (χ2v) is 6.95. The van der Waals surface area contributed by atoms with Crippen molar-refractivity contribution < 1.29 is 4.79 Å². The van der Waals surface area contributed by atoms with Crippen LogP contribution < -0.4 is 10.2 Å². The summed E-state index contributed by atoms with van der Waals surface area (Å²) in [4.78, 5) is 13.7. The minimum absolute atomic E-state index is 0.254. The van der Waals surface area contributed by atoms with Crippen LogP contribution in [-0.4, -0.2) is 18.5 Å². The number of hydrogen-bond acceptors (Lipinski definition) is 2. The predicted octanol–water partition coefficient (Wildman–Crippen LogP) is 3.80. The molecule has 1 heterocycles. The highest BCUT2D eigenvalue weighted by atomic mass is 16.2. The van der Waals surface area contributed by atoms with Crippen LogP contribution in [0.25, 0.3) is 0 Å². The molecule has 0 spiro atoms. The zero-order chi connectivity index (χ0) is 14.2. The zero-order valence-electron chi connectivity index (χ0n) is 12.5. The first kappa shape index (κ1) is 13.5. The number of carbonyl (C=O) groups is 1. The lowest BCUT2D eigenvalue weighted by Crippen LogP contribution is -2.24. The van der Waals surface area contributed by atoms with Crippen LogP contribution in [0.15, 0.2) is 24.3 Å². The largest absolute Gasteiger partial charge is 0.382 e. The van der Waals surface area contributed by atoms with Crippen LogP contribution in [0, 0.1) is 5.41 Å². The van der Waals surface area contributed by atoms with E-state index in [-0.39, 0.29) is 5.91 Å². The van der Waals surface area contributed by atoms with Gasteiger partial charge in [0.15, 0.2) is 0 Å². The average molecular weight is 272 g/mol. The lowest BCUT2D eigenvalue weighted by molar-refractivity contribution is -0.117. The predicted molar refractivity (Wildman–Crippen MR) is 83.1 cm³/mol. The molecule has 20 heavy (non-hydrogen) atoms. The summed E-state index contributed by atoms with van der Waals surface area (Å²) in [6.07, 6.45) is 5.41. The number of benzene rings is 1. The lowest BCUT2D eigenvalue weighted by Gasteiger charge is -2.20. The first-order valence-electron chi connectivity index (χ1n) is 7.70. The summed E-state index contributed by atoms with van der Waals surface area (Å²) in [5.41, 5.74) is 2.64. The van der Waals surface area contributed by atoms with E-state index in [1.165, 1.54) is 19.3 Å². The van der Waals surface area contributed by atoms with E-state index in [0.29, 0.717) is 17.9 Å². The summed E-state index contributed by atoms with van der Waals surface area (Å²) in [7, 11) is 0. The molecule has 3 rings (SSSR count). The van der Waals surface area contributed by atoms with Gasteiger partial charge in [-0.2, -0.15) is 0 Å².